The standard InChI is InChI=1S/C31H37F3N4O5/c1-20-4-11-28-22(16-20)17-29(43-28)21(2)36-12-14-37(15-13-36)30(39)19-42-25-8-5-23(6-9-25)35(3)24-7-10-27(38(40)41)26(18-24)31(32,33)34/h4,7,10-11,16-18,21,23,25H,5-6,8-9,12-15,19H2,1-3H3. The zero-order valence-electron chi connectivity index (χ0n) is 24.6. The molecule has 1 saturated heterocycles. The number of anilines is 1. The summed E-state index contributed by atoms with van der Waals surface area (Å²) in [7, 11) is 1.70. The minimum absolute atomic E-state index is 0.000938. The molecule has 3 aromatic rings. The lowest BCUT2D eigenvalue weighted by Crippen LogP contribution is -2.50. The van der Waals surface area contributed by atoms with Gasteiger partial charge in [0.2, 0.25) is 5.91 Å². The maximum Gasteiger partial charge on any atom is 0.423 e. The molecule has 12 heteroatoms. The second-order valence-corrected chi connectivity index (χ2v) is 11.6. The van der Waals surface area contributed by atoms with Gasteiger partial charge < -0.3 is 19.0 Å². The SMILES string of the molecule is Cc1ccc2oc(C(C)N3CCN(C(=O)COC4CCC(N(C)c5ccc([N+](=O)[O-])c(C(F)(F)F)c5)CC4)CC3)cc2c1. The summed E-state index contributed by atoms with van der Waals surface area (Å²) < 4.78 is 52.3. The lowest BCUT2D eigenvalue weighted by molar-refractivity contribution is -0.388. The van der Waals surface area contributed by atoms with Crippen LogP contribution in [0.1, 0.15) is 55.5 Å². The van der Waals surface area contributed by atoms with Crippen molar-refractivity contribution in [2.75, 3.05) is 44.7 Å². The van der Waals surface area contributed by atoms with Crippen LogP contribution in [0.3, 0.4) is 0 Å². The summed E-state index contributed by atoms with van der Waals surface area (Å²) in [4.78, 5) is 28.8. The highest BCUT2D eigenvalue weighted by Crippen LogP contribution is 2.39. The molecule has 0 spiro atoms. The van der Waals surface area contributed by atoms with Gasteiger partial charge in [-0.3, -0.25) is 19.8 Å². The highest BCUT2D eigenvalue weighted by atomic mass is 19.4. The molecule has 0 bridgehead atoms. The number of ether oxygens (including phenoxy) is 1. The van der Waals surface area contributed by atoms with Gasteiger partial charge in [0.25, 0.3) is 5.69 Å². The second-order valence-electron chi connectivity index (χ2n) is 11.6. The number of hydrogen-bond donors (Lipinski definition) is 0. The van der Waals surface area contributed by atoms with Crippen LogP contribution in [0.2, 0.25) is 0 Å². The molecule has 1 aliphatic heterocycles. The molecule has 9 nitrogen and oxygen atoms in total. The highest BCUT2D eigenvalue weighted by molar-refractivity contribution is 5.79. The summed E-state index contributed by atoms with van der Waals surface area (Å²) in [6.07, 6.45) is -2.24. The molecule has 1 aromatic heterocycles. The third-order valence-corrected chi connectivity index (χ3v) is 8.84. The lowest BCUT2D eigenvalue weighted by Gasteiger charge is -2.38. The van der Waals surface area contributed by atoms with Crippen molar-refractivity contribution in [1.82, 2.24) is 9.80 Å². The first kappa shape index (κ1) is 30.8. The van der Waals surface area contributed by atoms with Crippen molar-refractivity contribution in [1.29, 1.82) is 0 Å². The zero-order chi connectivity index (χ0) is 30.9. The largest absolute Gasteiger partial charge is 0.459 e. The molecule has 2 heterocycles. The van der Waals surface area contributed by atoms with Gasteiger partial charge in [-0.2, -0.15) is 13.2 Å². The van der Waals surface area contributed by atoms with E-state index in [-0.39, 0.29) is 36.4 Å². The number of benzene rings is 2. The molecule has 5 rings (SSSR count). The number of amides is 1. The van der Waals surface area contributed by atoms with E-state index in [9.17, 15) is 28.1 Å². The van der Waals surface area contributed by atoms with Gasteiger partial charge in [-0.1, -0.05) is 11.6 Å². The van der Waals surface area contributed by atoms with Crippen molar-refractivity contribution in [2.45, 2.75) is 63.9 Å². The Hall–Kier alpha value is -3.64. The summed E-state index contributed by atoms with van der Waals surface area (Å²) >= 11 is 0. The van der Waals surface area contributed by atoms with E-state index in [1.165, 1.54) is 11.6 Å². The molecule has 1 unspecified atom stereocenters. The van der Waals surface area contributed by atoms with E-state index in [0.717, 1.165) is 42.0 Å². The van der Waals surface area contributed by atoms with Gasteiger partial charge in [0.15, 0.2) is 0 Å². The van der Waals surface area contributed by atoms with Gasteiger partial charge in [0, 0.05) is 56.4 Å². The van der Waals surface area contributed by atoms with Gasteiger partial charge in [-0.25, -0.2) is 0 Å². The lowest BCUT2D eigenvalue weighted by atomic mass is 9.91. The van der Waals surface area contributed by atoms with Crippen molar-refractivity contribution in [3.05, 3.63) is 69.5 Å². The summed E-state index contributed by atoms with van der Waals surface area (Å²) in [6, 6.07) is 11.4. The van der Waals surface area contributed by atoms with Gasteiger partial charge in [0.05, 0.1) is 17.1 Å². The first-order chi connectivity index (χ1) is 20.4. The quantitative estimate of drug-likeness (QED) is 0.220. The molecule has 0 radical (unpaired) electrons. The Morgan fingerprint density at radius 2 is 1.79 bits per heavy atom. The molecule has 1 aliphatic carbocycles. The van der Waals surface area contributed by atoms with E-state index in [0.29, 0.717) is 38.8 Å². The molecular formula is C31H37F3N4O5. The number of hydrogen-bond acceptors (Lipinski definition) is 7. The highest BCUT2D eigenvalue weighted by Gasteiger charge is 2.39. The number of halogens is 3. The Kier molecular flexibility index (Phi) is 8.98. The van der Waals surface area contributed by atoms with Crippen LogP contribution in [0.15, 0.2) is 46.9 Å². The number of nitro groups is 1. The van der Waals surface area contributed by atoms with Crippen LogP contribution in [0.5, 0.6) is 0 Å². The third-order valence-electron chi connectivity index (χ3n) is 8.84. The van der Waals surface area contributed by atoms with Crippen LogP contribution < -0.4 is 4.90 Å². The minimum atomic E-state index is -4.82. The van der Waals surface area contributed by atoms with Crippen molar-refractivity contribution < 1.29 is 32.0 Å². The van der Waals surface area contributed by atoms with Crippen LogP contribution in [-0.2, 0) is 15.7 Å². The first-order valence-electron chi connectivity index (χ1n) is 14.6. The summed E-state index contributed by atoms with van der Waals surface area (Å²) in [5.41, 5.74) is 0.135. The third kappa shape index (κ3) is 6.96. The van der Waals surface area contributed by atoms with Crippen LogP contribution in [0, 0.1) is 17.0 Å². The number of nitro benzene ring substituents is 1. The number of fused-ring (bicyclic) bond motifs is 1. The number of alkyl halides is 3. The van der Waals surface area contributed by atoms with Crippen molar-refractivity contribution >= 4 is 28.3 Å². The Labute approximate surface area is 248 Å². The van der Waals surface area contributed by atoms with Gasteiger partial charge in [-0.05, 0) is 69.9 Å². The molecule has 1 amide bonds. The van der Waals surface area contributed by atoms with Gasteiger partial charge in [-0.15, -0.1) is 0 Å². The van der Waals surface area contributed by atoms with Crippen molar-refractivity contribution in [2.24, 2.45) is 0 Å². The van der Waals surface area contributed by atoms with Crippen LogP contribution in [0.4, 0.5) is 24.5 Å². The molecule has 43 heavy (non-hydrogen) atoms. The average Bonchev–Trinajstić information content (AvgIpc) is 3.42. The number of furan rings is 1. The maximum atomic E-state index is 13.4. The first-order valence-corrected chi connectivity index (χ1v) is 14.6. The van der Waals surface area contributed by atoms with E-state index in [2.05, 4.69) is 30.9 Å². The van der Waals surface area contributed by atoms with Crippen LogP contribution >= 0.6 is 0 Å². The van der Waals surface area contributed by atoms with E-state index in [4.69, 9.17) is 9.15 Å². The molecule has 0 N–H and O–H groups in total. The Morgan fingerprint density at radius 1 is 1.09 bits per heavy atom. The summed E-state index contributed by atoms with van der Waals surface area (Å²) in [5.74, 6) is 0.871. The van der Waals surface area contributed by atoms with Crippen molar-refractivity contribution in [3.63, 3.8) is 0 Å². The molecule has 2 fully saturated rings. The smallest absolute Gasteiger partial charge is 0.423 e. The van der Waals surface area contributed by atoms with E-state index in [1.54, 1.807) is 11.9 Å². The Balaban J connectivity index is 1.07. The zero-order valence-corrected chi connectivity index (χ0v) is 24.6. The number of piperazine rings is 1. The summed E-state index contributed by atoms with van der Waals surface area (Å²) in [5, 5.41) is 12.2. The predicted octanol–water partition coefficient (Wildman–Crippen LogP) is 6.34. The number of carbonyl (C=O) groups excluding carboxylic acids is 1. The number of aryl methyl sites for hydroxylation is 1. The fourth-order valence-electron chi connectivity index (χ4n) is 6.15. The molecule has 1 saturated carbocycles. The maximum absolute atomic E-state index is 13.4. The van der Waals surface area contributed by atoms with Crippen molar-refractivity contribution in [3.8, 4) is 0 Å². The molecule has 2 aliphatic rings. The Morgan fingerprint density at radius 3 is 2.44 bits per heavy atom. The van der Waals surface area contributed by atoms with Gasteiger partial charge in [0.1, 0.15) is 23.5 Å². The summed E-state index contributed by atoms with van der Waals surface area (Å²) in [6.45, 7) is 6.87. The molecule has 1 atom stereocenters. The van der Waals surface area contributed by atoms with E-state index < -0.39 is 22.4 Å². The van der Waals surface area contributed by atoms with Crippen LogP contribution in [-0.4, -0.2) is 72.6 Å². The predicted molar refractivity (Wildman–Crippen MR) is 156 cm³/mol. The fraction of sp³-hybridized carbons (Fsp3) is 0.516. The number of carbonyl (C=O) groups is 1. The normalized spacial score (nSPS) is 20.7. The number of nitrogens with zero attached hydrogens (tertiary/aromatic N) is 4. The second kappa shape index (κ2) is 12.5. The van der Waals surface area contributed by atoms with E-state index in [1.807, 2.05) is 17.0 Å². The number of rotatable bonds is 8. The van der Waals surface area contributed by atoms with Gasteiger partial charge >= 0.3 is 6.18 Å². The molecule has 232 valence electrons. The van der Waals surface area contributed by atoms with Crippen LogP contribution in [0.25, 0.3) is 11.0 Å². The fourth-order valence-corrected chi connectivity index (χ4v) is 6.15. The monoisotopic (exact) mass is 602 g/mol. The molecule has 2 aromatic carbocycles. The average molecular weight is 603 g/mol. The topological polar surface area (TPSA) is 92.3 Å². The minimum Gasteiger partial charge on any atom is -0.459 e. The van der Waals surface area contributed by atoms with E-state index >= 15 is 0 Å². The Bertz CT molecular complexity index is 1460. The molecular weight excluding hydrogens is 565 g/mol.